The summed E-state index contributed by atoms with van der Waals surface area (Å²) in [6.45, 7) is 1.71. The molecule has 20 heavy (non-hydrogen) atoms. The van der Waals surface area contributed by atoms with Crippen LogP contribution < -0.4 is 10.6 Å². The van der Waals surface area contributed by atoms with Crippen molar-refractivity contribution in [2.24, 2.45) is 0 Å². The summed E-state index contributed by atoms with van der Waals surface area (Å²) in [6, 6.07) is 4.78. The van der Waals surface area contributed by atoms with E-state index in [2.05, 4.69) is 10.6 Å². The van der Waals surface area contributed by atoms with Crippen LogP contribution in [-0.4, -0.2) is 37.5 Å². The van der Waals surface area contributed by atoms with Gasteiger partial charge in [-0.3, -0.25) is 10.1 Å². The molecule has 0 fully saturated rings. The van der Waals surface area contributed by atoms with Crippen LogP contribution in [0.1, 0.15) is 6.92 Å². The van der Waals surface area contributed by atoms with E-state index in [0.29, 0.717) is 5.69 Å². The third kappa shape index (κ3) is 4.48. The number of ether oxygens (including phenoxy) is 2. The fourth-order valence-corrected chi connectivity index (χ4v) is 1.64. The van der Waals surface area contributed by atoms with Gasteiger partial charge in [0.2, 0.25) is 0 Å². The standard InChI is InChI=1S/C12H17N3O5/c1-8(11(19-2)20-3)13-12(16)14-9-5-4-6-10(7-9)15(17)18/h4-8,11H,1-3H3,(H2,13,14,16). The number of hydrogen-bond acceptors (Lipinski definition) is 5. The molecule has 110 valence electrons. The van der Waals surface area contributed by atoms with E-state index in [1.807, 2.05) is 0 Å². The van der Waals surface area contributed by atoms with Crippen LogP contribution in [0.3, 0.4) is 0 Å². The number of rotatable bonds is 6. The number of nitrogens with one attached hydrogen (secondary N) is 2. The maximum absolute atomic E-state index is 11.7. The molecule has 0 aliphatic rings. The molecule has 1 aromatic rings. The van der Waals surface area contributed by atoms with Gasteiger partial charge in [0.25, 0.3) is 5.69 Å². The normalized spacial score (nSPS) is 12.0. The van der Waals surface area contributed by atoms with Crippen LogP contribution in [0.4, 0.5) is 16.2 Å². The first-order valence-corrected chi connectivity index (χ1v) is 5.85. The molecule has 1 aromatic carbocycles. The first-order chi connectivity index (χ1) is 9.47. The molecule has 1 atom stereocenters. The Morgan fingerprint density at radius 3 is 2.55 bits per heavy atom. The average molecular weight is 283 g/mol. The van der Waals surface area contributed by atoms with E-state index in [4.69, 9.17) is 9.47 Å². The van der Waals surface area contributed by atoms with E-state index in [0.717, 1.165) is 0 Å². The van der Waals surface area contributed by atoms with Crippen molar-refractivity contribution >= 4 is 17.4 Å². The Hall–Kier alpha value is -2.19. The van der Waals surface area contributed by atoms with E-state index in [1.165, 1.54) is 32.4 Å². The highest BCUT2D eigenvalue weighted by atomic mass is 16.7. The van der Waals surface area contributed by atoms with Crippen LogP contribution in [0, 0.1) is 10.1 Å². The van der Waals surface area contributed by atoms with Crippen LogP contribution in [0.25, 0.3) is 0 Å². The summed E-state index contributed by atoms with van der Waals surface area (Å²) in [6.07, 6.45) is -0.578. The lowest BCUT2D eigenvalue weighted by Crippen LogP contribution is -2.44. The number of amides is 2. The molecular weight excluding hydrogens is 266 g/mol. The minimum absolute atomic E-state index is 0.0949. The zero-order valence-electron chi connectivity index (χ0n) is 11.5. The highest BCUT2D eigenvalue weighted by molar-refractivity contribution is 5.89. The van der Waals surface area contributed by atoms with Gasteiger partial charge in [-0.2, -0.15) is 0 Å². The first kappa shape index (κ1) is 15.9. The van der Waals surface area contributed by atoms with Crippen molar-refractivity contribution in [2.45, 2.75) is 19.3 Å². The molecule has 0 saturated carbocycles. The summed E-state index contributed by atoms with van der Waals surface area (Å²) in [7, 11) is 2.93. The van der Waals surface area contributed by atoms with Crippen molar-refractivity contribution in [2.75, 3.05) is 19.5 Å². The lowest BCUT2D eigenvalue weighted by molar-refractivity contribution is -0.384. The van der Waals surface area contributed by atoms with Gasteiger partial charge in [-0.1, -0.05) is 6.07 Å². The lowest BCUT2D eigenvalue weighted by Gasteiger charge is -2.22. The SMILES string of the molecule is COC(OC)C(C)NC(=O)Nc1cccc([N+](=O)[O-])c1. The van der Waals surface area contributed by atoms with Crippen molar-refractivity contribution in [1.29, 1.82) is 0 Å². The van der Waals surface area contributed by atoms with Crippen molar-refractivity contribution in [3.8, 4) is 0 Å². The predicted octanol–water partition coefficient (Wildman–Crippen LogP) is 1.72. The van der Waals surface area contributed by atoms with Gasteiger partial charge in [0.15, 0.2) is 6.29 Å². The molecule has 0 heterocycles. The van der Waals surface area contributed by atoms with Crippen LogP contribution in [0.15, 0.2) is 24.3 Å². The molecule has 2 amide bonds. The number of carbonyl (C=O) groups is 1. The number of nitro benzene ring substituents is 1. The summed E-state index contributed by atoms with van der Waals surface area (Å²) in [4.78, 5) is 21.8. The number of carbonyl (C=O) groups excluding carboxylic acids is 1. The number of benzene rings is 1. The van der Waals surface area contributed by atoms with E-state index in [-0.39, 0.29) is 11.7 Å². The van der Waals surface area contributed by atoms with Crippen molar-refractivity contribution < 1.29 is 19.2 Å². The van der Waals surface area contributed by atoms with Crippen molar-refractivity contribution in [3.63, 3.8) is 0 Å². The quantitative estimate of drug-likeness (QED) is 0.470. The van der Waals surface area contributed by atoms with E-state index in [9.17, 15) is 14.9 Å². The van der Waals surface area contributed by atoms with Crippen molar-refractivity contribution in [1.82, 2.24) is 5.32 Å². The third-order valence-electron chi connectivity index (χ3n) is 2.55. The Kier molecular flexibility index (Phi) is 5.88. The largest absolute Gasteiger partial charge is 0.354 e. The van der Waals surface area contributed by atoms with Gasteiger partial charge in [0.1, 0.15) is 0 Å². The first-order valence-electron chi connectivity index (χ1n) is 5.85. The second-order valence-corrected chi connectivity index (χ2v) is 4.03. The minimum Gasteiger partial charge on any atom is -0.354 e. The average Bonchev–Trinajstić information content (AvgIpc) is 2.40. The monoisotopic (exact) mass is 283 g/mol. The van der Waals surface area contributed by atoms with E-state index in [1.54, 1.807) is 13.0 Å². The fraction of sp³-hybridized carbons (Fsp3) is 0.417. The molecule has 8 nitrogen and oxygen atoms in total. The van der Waals surface area contributed by atoms with Gasteiger partial charge < -0.3 is 20.1 Å². The van der Waals surface area contributed by atoms with E-state index < -0.39 is 17.2 Å². The molecule has 0 spiro atoms. The Morgan fingerprint density at radius 1 is 1.35 bits per heavy atom. The summed E-state index contributed by atoms with van der Waals surface area (Å²) in [5.41, 5.74) is 0.234. The number of methoxy groups -OCH3 is 2. The van der Waals surface area contributed by atoms with Gasteiger partial charge in [-0.05, 0) is 13.0 Å². The van der Waals surface area contributed by atoms with Crippen molar-refractivity contribution in [3.05, 3.63) is 34.4 Å². The number of anilines is 1. The van der Waals surface area contributed by atoms with Crippen LogP contribution in [0.2, 0.25) is 0 Å². The fourth-order valence-electron chi connectivity index (χ4n) is 1.64. The minimum atomic E-state index is -0.578. The summed E-state index contributed by atoms with van der Waals surface area (Å²) < 4.78 is 10.0. The number of nitro groups is 1. The smallest absolute Gasteiger partial charge is 0.319 e. The van der Waals surface area contributed by atoms with Crippen LogP contribution >= 0.6 is 0 Å². The maximum Gasteiger partial charge on any atom is 0.319 e. The molecule has 0 saturated heterocycles. The van der Waals surface area contributed by atoms with Gasteiger partial charge in [0.05, 0.1) is 11.0 Å². The highest BCUT2D eigenvalue weighted by Gasteiger charge is 2.18. The van der Waals surface area contributed by atoms with Gasteiger partial charge in [0, 0.05) is 32.0 Å². The predicted molar refractivity (Wildman–Crippen MR) is 72.5 cm³/mol. The van der Waals surface area contributed by atoms with Crippen LogP contribution in [0.5, 0.6) is 0 Å². The molecule has 1 unspecified atom stereocenters. The number of hydrogen-bond donors (Lipinski definition) is 2. The number of nitrogens with zero attached hydrogens (tertiary/aromatic N) is 1. The third-order valence-corrected chi connectivity index (χ3v) is 2.55. The number of non-ortho nitro benzene ring substituents is 1. The molecule has 1 rings (SSSR count). The molecule has 2 N–H and O–H groups in total. The number of urea groups is 1. The Morgan fingerprint density at radius 2 is 2.00 bits per heavy atom. The van der Waals surface area contributed by atoms with Crippen LogP contribution in [-0.2, 0) is 9.47 Å². The van der Waals surface area contributed by atoms with Gasteiger partial charge in [-0.25, -0.2) is 4.79 Å². The second-order valence-electron chi connectivity index (χ2n) is 4.03. The van der Waals surface area contributed by atoms with Gasteiger partial charge >= 0.3 is 6.03 Å². The molecule has 0 aliphatic carbocycles. The van der Waals surface area contributed by atoms with Gasteiger partial charge in [-0.15, -0.1) is 0 Å². The Balaban J connectivity index is 2.62. The topological polar surface area (TPSA) is 103 Å². The summed E-state index contributed by atoms with van der Waals surface area (Å²) >= 11 is 0. The second kappa shape index (κ2) is 7.41. The zero-order valence-corrected chi connectivity index (χ0v) is 11.5. The maximum atomic E-state index is 11.7. The molecule has 0 bridgehead atoms. The molecule has 8 heteroatoms. The lowest BCUT2D eigenvalue weighted by atomic mass is 10.3. The Bertz CT molecular complexity index is 476. The zero-order chi connectivity index (χ0) is 15.1. The molecule has 0 aromatic heterocycles. The molecular formula is C12H17N3O5. The summed E-state index contributed by atoms with van der Waals surface area (Å²) in [5, 5.41) is 15.7. The highest BCUT2D eigenvalue weighted by Crippen LogP contribution is 2.16. The molecule has 0 radical (unpaired) electrons. The summed E-state index contributed by atoms with van der Waals surface area (Å²) in [5.74, 6) is 0. The Labute approximate surface area is 116 Å². The molecule has 0 aliphatic heterocycles. The van der Waals surface area contributed by atoms with E-state index >= 15 is 0 Å².